The Balaban J connectivity index is 3.20. The molecule has 0 aromatic heterocycles. The van der Waals surface area contributed by atoms with Crippen LogP contribution in [0.3, 0.4) is 0 Å². The number of nitriles is 1. The van der Waals surface area contributed by atoms with Gasteiger partial charge in [0.1, 0.15) is 11.6 Å². The van der Waals surface area contributed by atoms with Gasteiger partial charge in [0.25, 0.3) is 5.69 Å². The topological polar surface area (TPSA) is 66.9 Å². The minimum atomic E-state index is -0.623. The van der Waals surface area contributed by atoms with Crippen LogP contribution in [0.1, 0.15) is 24.0 Å². The average molecular weight is 208 g/mol. The Morgan fingerprint density at radius 3 is 2.80 bits per heavy atom. The fourth-order valence-corrected chi connectivity index (χ4v) is 1.20. The Morgan fingerprint density at radius 2 is 2.33 bits per heavy atom. The van der Waals surface area contributed by atoms with Crippen molar-refractivity contribution in [3.05, 3.63) is 39.4 Å². The molecule has 0 saturated carbocycles. The van der Waals surface area contributed by atoms with Crippen molar-refractivity contribution in [3.63, 3.8) is 0 Å². The second-order valence-electron chi connectivity index (χ2n) is 3.20. The molecule has 1 rings (SSSR count). The predicted molar refractivity (Wildman–Crippen MR) is 52.2 cm³/mol. The summed E-state index contributed by atoms with van der Waals surface area (Å²) in [6, 6.07) is 5.81. The second-order valence-corrected chi connectivity index (χ2v) is 3.20. The van der Waals surface area contributed by atoms with Crippen LogP contribution >= 0.6 is 0 Å². The molecule has 0 fully saturated rings. The van der Waals surface area contributed by atoms with E-state index in [1.165, 1.54) is 18.2 Å². The fraction of sp³-hybridized carbons (Fsp3) is 0.300. The molecule has 0 amide bonds. The molecule has 5 heteroatoms. The zero-order chi connectivity index (χ0) is 11.4. The van der Waals surface area contributed by atoms with Crippen molar-refractivity contribution in [3.8, 4) is 6.07 Å². The smallest absolute Gasteiger partial charge is 0.258 e. The summed E-state index contributed by atoms with van der Waals surface area (Å²) >= 11 is 0. The third-order valence-electron chi connectivity index (χ3n) is 2.14. The van der Waals surface area contributed by atoms with E-state index in [0.29, 0.717) is 5.56 Å². The first-order valence-corrected chi connectivity index (χ1v) is 4.34. The molecule has 0 spiro atoms. The van der Waals surface area contributed by atoms with Crippen LogP contribution in [0.4, 0.5) is 10.1 Å². The lowest BCUT2D eigenvalue weighted by molar-refractivity contribution is -0.385. The molecule has 0 bridgehead atoms. The van der Waals surface area contributed by atoms with Gasteiger partial charge in [-0.3, -0.25) is 14.5 Å². The number of nitrogens with zero attached hydrogens (tertiary/aromatic N) is 2. The zero-order valence-corrected chi connectivity index (χ0v) is 8.11. The summed E-state index contributed by atoms with van der Waals surface area (Å²) in [4.78, 5) is 9.89. The highest BCUT2D eigenvalue weighted by Crippen LogP contribution is 2.23. The summed E-state index contributed by atoms with van der Waals surface area (Å²) in [5, 5.41) is 19.2. The van der Waals surface area contributed by atoms with E-state index >= 15 is 0 Å². The number of rotatable bonds is 3. The summed E-state index contributed by atoms with van der Waals surface area (Å²) < 4.78 is 12.4. The van der Waals surface area contributed by atoms with Crippen molar-refractivity contribution in [2.24, 2.45) is 0 Å². The number of benzene rings is 1. The maximum absolute atomic E-state index is 12.4. The molecule has 4 nitrogen and oxygen atoms in total. The Bertz CT molecular complexity index is 426. The molecular weight excluding hydrogens is 199 g/mol. The molecule has 1 aromatic carbocycles. The van der Waals surface area contributed by atoms with Crippen LogP contribution in [-0.2, 0) is 0 Å². The fourth-order valence-electron chi connectivity index (χ4n) is 1.20. The van der Waals surface area contributed by atoms with Gasteiger partial charge in [-0.05, 0) is 11.6 Å². The monoisotopic (exact) mass is 208 g/mol. The second kappa shape index (κ2) is 4.51. The van der Waals surface area contributed by atoms with E-state index < -0.39 is 11.6 Å². The molecule has 0 radical (unpaired) electrons. The van der Waals surface area contributed by atoms with Gasteiger partial charge in [-0.25, -0.2) is 0 Å². The Kier molecular flexibility index (Phi) is 3.34. The van der Waals surface area contributed by atoms with Gasteiger partial charge in [0.2, 0.25) is 0 Å². The summed E-state index contributed by atoms with van der Waals surface area (Å²) in [5.41, 5.74) is 0.324. The normalized spacial score (nSPS) is 11.8. The molecular formula is C10H9FN2O2. The van der Waals surface area contributed by atoms with Gasteiger partial charge in [0, 0.05) is 12.0 Å². The van der Waals surface area contributed by atoms with Gasteiger partial charge in [-0.1, -0.05) is 13.0 Å². The van der Waals surface area contributed by atoms with Gasteiger partial charge in [0.05, 0.1) is 11.6 Å². The first-order valence-electron chi connectivity index (χ1n) is 4.34. The SMILES string of the molecule is CC(CF)c1ccc([N+](=O)[O-])c(C#N)c1. The quantitative estimate of drug-likeness (QED) is 0.566. The van der Waals surface area contributed by atoms with E-state index in [4.69, 9.17) is 5.26 Å². The van der Waals surface area contributed by atoms with Crippen molar-refractivity contribution in [2.75, 3.05) is 6.67 Å². The van der Waals surface area contributed by atoms with Gasteiger partial charge >= 0.3 is 0 Å². The number of alkyl halides is 1. The van der Waals surface area contributed by atoms with Crippen LogP contribution < -0.4 is 0 Å². The Morgan fingerprint density at radius 1 is 1.67 bits per heavy atom. The number of nitro benzene ring substituents is 1. The number of hydrogen-bond acceptors (Lipinski definition) is 3. The van der Waals surface area contributed by atoms with Crippen molar-refractivity contribution < 1.29 is 9.31 Å². The summed E-state index contributed by atoms with van der Waals surface area (Å²) in [6.45, 7) is 1.10. The Labute approximate surface area is 86.1 Å². The third kappa shape index (κ3) is 2.29. The van der Waals surface area contributed by atoms with E-state index in [1.807, 2.05) is 0 Å². The predicted octanol–water partition coefficient (Wildman–Crippen LogP) is 2.54. The molecule has 15 heavy (non-hydrogen) atoms. The van der Waals surface area contributed by atoms with Crippen LogP contribution in [0, 0.1) is 21.4 Å². The van der Waals surface area contributed by atoms with Crippen LogP contribution in [-0.4, -0.2) is 11.6 Å². The summed E-state index contributed by atoms with van der Waals surface area (Å²) in [6.07, 6.45) is 0. The lowest BCUT2D eigenvalue weighted by Crippen LogP contribution is -1.98. The molecule has 1 unspecified atom stereocenters. The molecule has 0 N–H and O–H groups in total. The van der Waals surface area contributed by atoms with Crippen molar-refractivity contribution >= 4 is 5.69 Å². The molecule has 1 atom stereocenters. The molecule has 0 aliphatic heterocycles. The highest BCUT2D eigenvalue weighted by atomic mass is 19.1. The number of hydrogen-bond donors (Lipinski definition) is 0. The highest BCUT2D eigenvalue weighted by molar-refractivity contribution is 5.50. The first kappa shape index (κ1) is 11.1. The van der Waals surface area contributed by atoms with Crippen LogP contribution in [0.5, 0.6) is 0 Å². The lowest BCUT2D eigenvalue weighted by atomic mass is 10.00. The molecule has 0 saturated heterocycles. The van der Waals surface area contributed by atoms with E-state index in [0.717, 1.165) is 0 Å². The molecule has 1 aromatic rings. The van der Waals surface area contributed by atoms with Gasteiger partial charge < -0.3 is 0 Å². The summed E-state index contributed by atoms with van der Waals surface area (Å²) in [7, 11) is 0. The molecule has 0 heterocycles. The lowest BCUT2D eigenvalue weighted by Gasteiger charge is -2.06. The standard InChI is InChI=1S/C10H9FN2O2/c1-7(5-11)8-2-3-10(13(14)15)9(4-8)6-12/h2-4,7H,5H2,1H3. The van der Waals surface area contributed by atoms with Crippen molar-refractivity contribution in [1.82, 2.24) is 0 Å². The van der Waals surface area contributed by atoms with Gasteiger partial charge in [-0.15, -0.1) is 0 Å². The van der Waals surface area contributed by atoms with Crippen LogP contribution in [0.15, 0.2) is 18.2 Å². The maximum Gasteiger partial charge on any atom is 0.287 e. The zero-order valence-electron chi connectivity index (χ0n) is 8.11. The van der Waals surface area contributed by atoms with E-state index in [9.17, 15) is 14.5 Å². The largest absolute Gasteiger partial charge is 0.287 e. The highest BCUT2D eigenvalue weighted by Gasteiger charge is 2.15. The van der Waals surface area contributed by atoms with E-state index in [-0.39, 0.29) is 17.2 Å². The van der Waals surface area contributed by atoms with Crippen LogP contribution in [0.2, 0.25) is 0 Å². The van der Waals surface area contributed by atoms with E-state index in [2.05, 4.69) is 0 Å². The average Bonchev–Trinajstić information content (AvgIpc) is 2.26. The Hall–Kier alpha value is -1.96. The minimum Gasteiger partial charge on any atom is -0.258 e. The van der Waals surface area contributed by atoms with E-state index in [1.54, 1.807) is 13.0 Å². The first-order chi connectivity index (χ1) is 7.10. The van der Waals surface area contributed by atoms with Gasteiger partial charge in [0.15, 0.2) is 0 Å². The minimum absolute atomic E-state index is 0.0298. The molecule has 0 aliphatic carbocycles. The van der Waals surface area contributed by atoms with Crippen LogP contribution in [0.25, 0.3) is 0 Å². The van der Waals surface area contributed by atoms with Crippen molar-refractivity contribution in [2.45, 2.75) is 12.8 Å². The summed E-state index contributed by atoms with van der Waals surface area (Å²) in [5.74, 6) is -0.349. The number of nitro groups is 1. The van der Waals surface area contributed by atoms with Crippen molar-refractivity contribution in [1.29, 1.82) is 5.26 Å². The molecule has 78 valence electrons. The molecule has 0 aliphatic rings. The third-order valence-corrected chi connectivity index (χ3v) is 2.14. The number of halogens is 1. The van der Waals surface area contributed by atoms with Gasteiger partial charge in [-0.2, -0.15) is 5.26 Å². The maximum atomic E-state index is 12.4.